The van der Waals surface area contributed by atoms with Gasteiger partial charge in [0.15, 0.2) is 0 Å². The lowest BCUT2D eigenvalue weighted by atomic mass is 9.99. The molecule has 1 aromatic heterocycles. The van der Waals surface area contributed by atoms with Crippen molar-refractivity contribution >= 4 is 0 Å². The summed E-state index contributed by atoms with van der Waals surface area (Å²) in [5.74, 6) is 1.87. The summed E-state index contributed by atoms with van der Waals surface area (Å²) < 4.78 is 2.05. The molecule has 0 bridgehead atoms. The first-order valence-electron chi connectivity index (χ1n) is 7.77. The van der Waals surface area contributed by atoms with E-state index in [0.717, 1.165) is 44.1 Å². The van der Waals surface area contributed by atoms with Crippen molar-refractivity contribution in [3.05, 3.63) is 12.2 Å². The molecule has 19 heavy (non-hydrogen) atoms. The molecule has 110 valence electrons. The van der Waals surface area contributed by atoms with Gasteiger partial charge in [0.25, 0.3) is 0 Å². The number of nitrogens with zero attached hydrogens (tertiary/aromatic N) is 3. The van der Waals surface area contributed by atoms with Crippen molar-refractivity contribution < 1.29 is 0 Å². The van der Waals surface area contributed by atoms with Crippen molar-refractivity contribution in [1.82, 2.24) is 20.1 Å². The normalized spacial score (nSPS) is 13.1. The molecular formula is C15H30N4. The molecule has 0 fully saturated rings. The van der Waals surface area contributed by atoms with Crippen LogP contribution in [0.2, 0.25) is 0 Å². The Bertz CT molecular complexity index is 333. The maximum atomic E-state index is 4.39. The van der Waals surface area contributed by atoms with Gasteiger partial charge in [-0.25, -0.2) is 4.98 Å². The molecular weight excluding hydrogens is 236 g/mol. The first kappa shape index (κ1) is 16.2. The molecule has 0 spiro atoms. The Morgan fingerprint density at radius 2 is 2.05 bits per heavy atom. The van der Waals surface area contributed by atoms with Crippen LogP contribution >= 0.6 is 0 Å². The summed E-state index contributed by atoms with van der Waals surface area (Å²) in [5.41, 5.74) is 0. The van der Waals surface area contributed by atoms with Crippen molar-refractivity contribution in [2.24, 2.45) is 5.92 Å². The molecule has 1 N–H and O–H groups in total. The maximum Gasteiger partial charge on any atom is 0.138 e. The highest BCUT2D eigenvalue weighted by molar-refractivity contribution is 4.86. The third-order valence-corrected chi connectivity index (χ3v) is 3.29. The predicted octanol–water partition coefficient (Wildman–Crippen LogP) is 3.04. The molecule has 1 rings (SSSR count). The topological polar surface area (TPSA) is 42.7 Å². The average Bonchev–Trinajstić information content (AvgIpc) is 2.80. The fourth-order valence-corrected chi connectivity index (χ4v) is 2.40. The van der Waals surface area contributed by atoms with E-state index in [4.69, 9.17) is 0 Å². The van der Waals surface area contributed by atoms with Crippen molar-refractivity contribution in [3.8, 4) is 0 Å². The lowest BCUT2D eigenvalue weighted by Crippen LogP contribution is -2.31. The number of rotatable bonds is 10. The lowest BCUT2D eigenvalue weighted by molar-refractivity contribution is 0.393. The van der Waals surface area contributed by atoms with E-state index in [1.807, 2.05) is 4.68 Å². The molecule has 0 amide bonds. The van der Waals surface area contributed by atoms with Crippen LogP contribution < -0.4 is 5.32 Å². The summed E-state index contributed by atoms with van der Waals surface area (Å²) >= 11 is 0. The number of nitrogens with one attached hydrogen (secondary N) is 1. The lowest BCUT2D eigenvalue weighted by Gasteiger charge is -2.20. The zero-order valence-electron chi connectivity index (χ0n) is 13.0. The first-order chi connectivity index (χ1) is 9.17. The zero-order valence-corrected chi connectivity index (χ0v) is 13.0. The molecule has 0 aliphatic heterocycles. The molecule has 1 aromatic rings. The third kappa shape index (κ3) is 6.19. The van der Waals surface area contributed by atoms with Crippen LogP contribution in [0.3, 0.4) is 0 Å². The summed E-state index contributed by atoms with van der Waals surface area (Å²) in [5, 5.41) is 7.95. The van der Waals surface area contributed by atoms with E-state index >= 15 is 0 Å². The van der Waals surface area contributed by atoms with Gasteiger partial charge in [-0.1, -0.05) is 27.7 Å². The second-order valence-electron chi connectivity index (χ2n) is 5.72. The van der Waals surface area contributed by atoms with E-state index in [9.17, 15) is 0 Å². The highest BCUT2D eigenvalue weighted by Gasteiger charge is 2.12. The second-order valence-corrected chi connectivity index (χ2v) is 5.72. The summed E-state index contributed by atoms with van der Waals surface area (Å²) in [6.07, 6.45) is 7.40. The van der Waals surface area contributed by atoms with Gasteiger partial charge >= 0.3 is 0 Å². The van der Waals surface area contributed by atoms with Crippen molar-refractivity contribution in [2.75, 3.05) is 6.54 Å². The molecule has 1 atom stereocenters. The minimum atomic E-state index is 0.603. The van der Waals surface area contributed by atoms with Crippen molar-refractivity contribution in [3.63, 3.8) is 0 Å². The molecule has 0 aliphatic carbocycles. The fourth-order valence-electron chi connectivity index (χ4n) is 2.40. The molecule has 0 radical (unpaired) electrons. The van der Waals surface area contributed by atoms with Crippen LogP contribution in [-0.4, -0.2) is 27.4 Å². The van der Waals surface area contributed by atoms with E-state index in [1.165, 1.54) is 12.8 Å². The Balaban J connectivity index is 2.47. The van der Waals surface area contributed by atoms with Crippen LogP contribution in [0.1, 0.15) is 59.2 Å². The van der Waals surface area contributed by atoms with Crippen molar-refractivity contribution in [1.29, 1.82) is 0 Å². The Morgan fingerprint density at radius 3 is 2.68 bits per heavy atom. The second kappa shape index (κ2) is 9.08. The monoisotopic (exact) mass is 266 g/mol. The van der Waals surface area contributed by atoms with Crippen LogP contribution in [0.25, 0.3) is 0 Å². The van der Waals surface area contributed by atoms with Gasteiger partial charge in [-0.15, -0.1) is 0 Å². The van der Waals surface area contributed by atoms with E-state index in [0.29, 0.717) is 6.04 Å². The number of hydrogen-bond acceptors (Lipinski definition) is 3. The van der Waals surface area contributed by atoms with Gasteiger partial charge in [-0.2, -0.15) is 5.10 Å². The number of aromatic nitrogens is 3. The van der Waals surface area contributed by atoms with Gasteiger partial charge in [0.05, 0.1) is 0 Å². The highest BCUT2D eigenvalue weighted by atomic mass is 15.3. The van der Waals surface area contributed by atoms with Gasteiger partial charge in [-0.05, 0) is 38.1 Å². The molecule has 4 nitrogen and oxygen atoms in total. The van der Waals surface area contributed by atoms with Gasteiger partial charge < -0.3 is 5.32 Å². The fraction of sp³-hybridized carbons (Fsp3) is 0.867. The Kier molecular flexibility index (Phi) is 7.72. The number of hydrogen-bond donors (Lipinski definition) is 1. The van der Waals surface area contributed by atoms with Crippen LogP contribution in [0.4, 0.5) is 0 Å². The zero-order chi connectivity index (χ0) is 14.1. The van der Waals surface area contributed by atoms with Gasteiger partial charge in [0.2, 0.25) is 0 Å². The molecule has 0 aromatic carbocycles. The highest BCUT2D eigenvalue weighted by Crippen LogP contribution is 2.11. The Hall–Kier alpha value is -0.900. The molecule has 0 saturated carbocycles. The van der Waals surface area contributed by atoms with Crippen LogP contribution in [0, 0.1) is 5.92 Å². The molecule has 0 saturated heterocycles. The van der Waals surface area contributed by atoms with Crippen molar-refractivity contribution in [2.45, 2.75) is 72.4 Å². The summed E-state index contributed by atoms with van der Waals surface area (Å²) in [7, 11) is 0. The largest absolute Gasteiger partial charge is 0.314 e. The SMILES string of the molecule is CCCNC(CCc1ncnn1CCC)CC(C)C. The minimum Gasteiger partial charge on any atom is -0.314 e. The first-order valence-corrected chi connectivity index (χ1v) is 7.77. The van der Waals surface area contributed by atoms with E-state index in [-0.39, 0.29) is 0 Å². The van der Waals surface area contributed by atoms with Crippen LogP contribution in [0.15, 0.2) is 6.33 Å². The van der Waals surface area contributed by atoms with Crippen LogP contribution in [-0.2, 0) is 13.0 Å². The molecule has 4 heteroatoms. The smallest absolute Gasteiger partial charge is 0.138 e. The van der Waals surface area contributed by atoms with Gasteiger partial charge in [0.1, 0.15) is 12.2 Å². The van der Waals surface area contributed by atoms with Gasteiger partial charge in [0, 0.05) is 19.0 Å². The van der Waals surface area contributed by atoms with E-state index < -0.39 is 0 Å². The maximum absolute atomic E-state index is 4.39. The quantitative estimate of drug-likeness (QED) is 0.708. The number of aryl methyl sites for hydroxylation is 2. The van der Waals surface area contributed by atoms with E-state index in [1.54, 1.807) is 6.33 Å². The van der Waals surface area contributed by atoms with E-state index in [2.05, 4.69) is 43.1 Å². The van der Waals surface area contributed by atoms with Crippen LogP contribution in [0.5, 0.6) is 0 Å². The minimum absolute atomic E-state index is 0.603. The summed E-state index contributed by atoms with van der Waals surface area (Å²) in [6.45, 7) is 11.1. The Labute approximate surface area is 118 Å². The molecule has 1 heterocycles. The standard InChI is InChI=1S/C15H30N4/c1-5-9-16-14(11-13(3)4)7-8-15-17-12-18-19(15)10-6-2/h12-14,16H,5-11H2,1-4H3. The molecule has 0 aliphatic rings. The Morgan fingerprint density at radius 1 is 1.26 bits per heavy atom. The molecule has 1 unspecified atom stereocenters. The van der Waals surface area contributed by atoms with Gasteiger partial charge in [-0.3, -0.25) is 4.68 Å². The average molecular weight is 266 g/mol. The third-order valence-electron chi connectivity index (χ3n) is 3.29. The summed E-state index contributed by atoms with van der Waals surface area (Å²) in [6, 6.07) is 0.603. The summed E-state index contributed by atoms with van der Waals surface area (Å²) in [4.78, 5) is 4.39. The predicted molar refractivity (Wildman–Crippen MR) is 80.2 cm³/mol.